The van der Waals surface area contributed by atoms with Crippen molar-refractivity contribution < 1.29 is 19.4 Å². The van der Waals surface area contributed by atoms with E-state index in [4.69, 9.17) is 0 Å². The second-order valence-electron chi connectivity index (χ2n) is 2.73. The van der Waals surface area contributed by atoms with E-state index in [0.717, 1.165) is 25.1 Å². The minimum Gasteiger partial charge on any atom is -0.412 e. The van der Waals surface area contributed by atoms with E-state index >= 15 is 0 Å². The van der Waals surface area contributed by atoms with Gasteiger partial charge in [0.2, 0.25) is 0 Å². The molecule has 16 heavy (non-hydrogen) atoms. The topological polar surface area (TPSA) is 113 Å². The van der Waals surface area contributed by atoms with Gasteiger partial charge in [-0.25, -0.2) is 0 Å². The van der Waals surface area contributed by atoms with Crippen LogP contribution in [0.2, 0.25) is 0 Å². The van der Waals surface area contributed by atoms with E-state index in [9.17, 15) is 25.0 Å². The van der Waals surface area contributed by atoms with Crippen LogP contribution in [-0.2, 0) is 4.79 Å². The Hall–Kier alpha value is -2.51. The smallest absolute Gasteiger partial charge is 0.318 e. The molecule has 0 saturated heterocycles. The van der Waals surface area contributed by atoms with Gasteiger partial charge >= 0.3 is 17.3 Å². The first-order valence-electron chi connectivity index (χ1n) is 4.03. The number of benzene rings is 1. The fraction of sp³-hybridized carbons (Fsp3) is 0.125. The first-order chi connectivity index (χ1) is 7.43. The van der Waals surface area contributed by atoms with E-state index in [-0.39, 0.29) is 0 Å². The van der Waals surface area contributed by atoms with Gasteiger partial charge in [0.1, 0.15) is 0 Å². The fourth-order valence-electron chi connectivity index (χ4n) is 1.05. The van der Waals surface area contributed by atoms with Crippen LogP contribution in [0, 0.1) is 20.2 Å². The number of carbonyl (C=O) groups excluding carboxylic acids is 1. The van der Waals surface area contributed by atoms with Crippen LogP contribution in [0.3, 0.4) is 0 Å². The third-order valence-electron chi connectivity index (χ3n) is 1.61. The number of nitrogens with zero attached hydrogens (tertiary/aromatic N) is 2. The number of para-hydroxylation sites is 1. The van der Waals surface area contributed by atoms with Gasteiger partial charge in [0.05, 0.1) is 9.85 Å². The Bertz CT molecular complexity index is 437. The van der Waals surface area contributed by atoms with Crippen LogP contribution in [0.25, 0.3) is 0 Å². The summed E-state index contributed by atoms with van der Waals surface area (Å²) in [5, 5.41) is 21.1. The van der Waals surface area contributed by atoms with Gasteiger partial charge in [0.15, 0.2) is 0 Å². The number of rotatable bonds is 3. The number of hydrogen-bond donors (Lipinski definition) is 0. The molecular weight excluding hydrogens is 220 g/mol. The van der Waals surface area contributed by atoms with Gasteiger partial charge in [-0.1, -0.05) is 0 Å². The van der Waals surface area contributed by atoms with Crippen LogP contribution < -0.4 is 4.74 Å². The largest absolute Gasteiger partial charge is 0.412 e. The van der Waals surface area contributed by atoms with Crippen molar-refractivity contribution >= 4 is 17.3 Å². The molecule has 8 heteroatoms. The van der Waals surface area contributed by atoms with E-state index in [1.54, 1.807) is 0 Å². The lowest BCUT2D eigenvalue weighted by Crippen LogP contribution is -2.06. The lowest BCUT2D eigenvalue weighted by Gasteiger charge is -2.02. The molecule has 0 atom stereocenters. The SMILES string of the molecule is CC(=O)Oc1c([N+](=O)[O-])cccc1[N+](=O)[O-]. The standard InChI is InChI=1S/C8H6N2O6/c1-5(11)16-8-6(9(12)13)3-2-4-7(8)10(14)15/h2-4H,1H3. The second-order valence-corrected chi connectivity index (χ2v) is 2.73. The summed E-state index contributed by atoms with van der Waals surface area (Å²) in [5.41, 5.74) is -1.24. The molecule has 0 radical (unpaired) electrons. The third-order valence-corrected chi connectivity index (χ3v) is 1.61. The van der Waals surface area contributed by atoms with E-state index in [1.807, 2.05) is 0 Å². The molecule has 0 heterocycles. The van der Waals surface area contributed by atoms with Gasteiger partial charge in [-0.15, -0.1) is 0 Å². The maximum atomic E-state index is 10.7. The number of hydrogen-bond acceptors (Lipinski definition) is 6. The molecular formula is C8H6N2O6. The van der Waals surface area contributed by atoms with Gasteiger partial charge in [-0.2, -0.15) is 0 Å². The maximum Gasteiger partial charge on any atom is 0.318 e. The summed E-state index contributed by atoms with van der Waals surface area (Å²) < 4.78 is 4.48. The molecule has 0 aromatic heterocycles. The first-order valence-corrected chi connectivity index (χ1v) is 4.03. The van der Waals surface area contributed by atoms with Gasteiger partial charge in [-0.3, -0.25) is 25.0 Å². The Morgan fingerprint density at radius 3 is 1.94 bits per heavy atom. The van der Waals surface area contributed by atoms with Crippen LogP contribution in [0.4, 0.5) is 11.4 Å². The molecule has 0 fully saturated rings. The van der Waals surface area contributed by atoms with Crippen molar-refractivity contribution in [3.63, 3.8) is 0 Å². The minimum atomic E-state index is -0.864. The summed E-state index contributed by atoms with van der Waals surface area (Å²) in [6, 6.07) is 3.18. The monoisotopic (exact) mass is 226 g/mol. The van der Waals surface area contributed by atoms with Gasteiger partial charge in [0.25, 0.3) is 5.75 Å². The first kappa shape index (κ1) is 11.6. The zero-order chi connectivity index (χ0) is 12.3. The molecule has 1 aromatic carbocycles. The Morgan fingerprint density at radius 1 is 1.19 bits per heavy atom. The van der Waals surface area contributed by atoms with Gasteiger partial charge in [0, 0.05) is 19.1 Å². The molecule has 0 aliphatic heterocycles. The quantitative estimate of drug-likeness (QED) is 0.333. The molecule has 0 spiro atoms. The van der Waals surface area contributed by atoms with E-state index in [2.05, 4.69) is 4.74 Å². The summed E-state index contributed by atoms with van der Waals surface area (Å²) in [4.78, 5) is 30.1. The molecule has 1 aromatic rings. The molecule has 0 aliphatic carbocycles. The normalized spacial score (nSPS) is 9.56. The fourth-order valence-corrected chi connectivity index (χ4v) is 1.05. The van der Waals surface area contributed by atoms with Crippen molar-refractivity contribution in [1.82, 2.24) is 0 Å². The molecule has 1 rings (SSSR count). The number of nitro benzene ring substituents is 2. The molecule has 0 bridgehead atoms. The third kappa shape index (κ3) is 2.29. The van der Waals surface area contributed by atoms with Gasteiger partial charge in [-0.05, 0) is 6.07 Å². The summed E-state index contributed by atoms with van der Waals surface area (Å²) in [5.74, 6) is -1.51. The highest BCUT2D eigenvalue weighted by molar-refractivity contribution is 5.74. The molecule has 0 saturated carbocycles. The second kappa shape index (κ2) is 4.34. The number of carbonyl (C=O) groups is 1. The zero-order valence-electron chi connectivity index (χ0n) is 8.08. The number of esters is 1. The minimum absolute atomic E-state index is 0.621. The molecule has 0 N–H and O–H groups in total. The summed E-state index contributed by atoms with van der Waals surface area (Å²) in [6.07, 6.45) is 0. The Labute approximate surface area is 88.7 Å². The van der Waals surface area contributed by atoms with Crippen molar-refractivity contribution in [3.05, 3.63) is 38.4 Å². The lowest BCUT2D eigenvalue weighted by molar-refractivity contribution is -0.395. The average Bonchev–Trinajstić information content (AvgIpc) is 2.16. The molecule has 8 nitrogen and oxygen atoms in total. The highest BCUT2D eigenvalue weighted by Gasteiger charge is 2.27. The van der Waals surface area contributed by atoms with Crippen molar-refractivity contribution in [2.24, 2.45) is 0 Å². The maximum absolute atomic E-state index is 10.7. The zero-order valence-corrected chi connectivity index (χ0v) is 8.08. The molecule has 0 unspecified atom stereocenters. The van der Waals surface area contributed by atoms with Crippen molar-refractivity contribution in [2.75, 3.05) is 0 Å². The summed E-state index contributed by atoms with van der Waals surface area (Å²) >= 11 is 0. The summed E-state index contributed by atoms with van der Waals surface area (Å²) in [7, 11) is 0. The van der Waals surface area contributed by atoms with Crippen molar-refractivity contribution in [3.8, 4) is 5.75 Å². The van der Waals surface area contributed by atoms with Crippen LogP contribution >= 0.6 is 0 Å². The Morgan fingerprint density at radius 2 is 1.62 bits per heavy atom. The highest BCUT2D eigenvalue weighted by atomic mass is 16.6. The predicted octanol–water partition coefficient (Wildman–Crippen LogP) is 1.43. The highest BCUT2D eigenvalue weighted by Crippen LogP contribution is 2.36. The van der Waals surface area contributed by atoms with Crippen LogP contribution in [-0.4, -0.2) is 15.8 Å². The van der Waals surface area contributed by atoms with Crippen LogP contribution in [0.15, 0.2) is 18.2 Å². The Balaban J connectivity index is 3.40. The van der Waals surface area contributed by atoms with E-state index in [1.165, 1.54) is 0 Å². The van der Waals surface area contributed by atoms with Gasteiger partial charge < -0.3 is 4.74 Å². The van der Waals surface area contributed by atoms with E-state index < -0.39 is 32.9 Å². The molecule has 84 valence electrons. The van der Waals surface area contributed by atoms with Crippen LogP contribution in [0.1, 0.15) is 6.92 Å². The predicted molar refractivity (Wildman–Crippen MR) is 51.1 cm³/mol. The van der Waals surface area contributed by atoms with Crippen molar-refractivity contribution in [1.29, 1.82) is 0 Å². The van der Waals surface area contributed by atoms with E-state index in [0.29, 0.717) is 0 Å². The number of nitro groups is 2. The number of ether oxygens (including phenoxy) is 1. The van der Waals surface area contributed by atoms with Crippen LogP contribution in [0.5, 0.6) is 5.75 Å². The Kier molecular flexibility index (Phi) is 3.14. The molecule has 0 aliphatic rings. The average molecular weight is 226 g/mol. The lowest BCUT2D eigenvalue weighted by atomic mass is 10.2. The summed E-state index contributed by atoms with van der Waals surface area (Å²) in [6.45, 7) is 1.00. The molecule has 0 amide bonds. The van der Waals surface area contributed by atoms with Crippen molar-refractivity contribution in [2.45, 2.75) is 6.92 Å².